The third-order valence-electron chi connectivity index (χ3n) is 4.48. The lowest BCUT2D eigenvalue weighted by molar-refractivity contribution is 0.0342. The van der Waals surface area contributed by atoms with Crippen molar-refractivity contribution in [2.24, 2.45) is 0 Å². The molecule has 1 aliphatic rings. The van der Waals surface area contributed by atoms with Gasteiger partial charge in [-0.25, -0.2) is 15.0 Å². The van der Waals surface area contributed by atoms with Gasteiger partial charge in [-0.3, -0.25) is 4.90 Å². The normalized spacial score (nSPS) is 15.0. The molecule has 3 heterocycles. The van der Waals surface area contributed by atoms with Crippen molar-refractivity contribution in [3.05, 3.63) is 52.8 Å². The topological polar surface area (TPSA) is 63.2 Å². The van der Waals surface area contributed by atoms with Crippen LogP contribution in [0.5, 0.6) is 0 Å². The molecule has 0 aliphatic carbocycles. The maximum atomic E-state index is 5.42. The fourth-order valence-electron chi connectivity index (χ4n) is 3.21. The molecule has 0 spiro atoms. The van der Waals surface area contributed by atoms with Gasteiger partial charge in [0.05, 0.1) is 34.5 Å². The summed E-state index contributed by atoms with van der Waals surface area (Å²) < 4.78 is 5.42. The summed E-state index contributed by atoms with van der Waals surface area (Å²) in [6, 6.07) is 10.4. The third kappa shape index (κ3) is 4.50. The predicted octanol–water partition coefficient (Wildman–Crippen LogP) is 3.79. The van der Waals surface area contributed by atoms with Crippen LogP contribution in [0.3, 0.4) is 0 Å². The maximum absolute atomic E-state index is 5.42. The van der Waals surface area contributed by atoms with E-state index >= 15 is 0 Å². The summed E-state index contributed by atoms with van der Waals surface area (Å²) in [6.45, 7) is 8.56. The van der Waals surface area contributed by atoms with E-state index in [0.717, 1.165) is 59.8 Å². The summed E-state index contributed by atoms with van der Waals surface area (Å²) in [4.78, 5) is 17.1. The van der Waals surface area contributed by atoms with E-state index < -0.39 is 0 Å². The molecule has 0 unspecified atom stereocenters. The minimum atomic E-state index is 0.599. The molecular weight excluding hydrogens is 358 g/mol. The van der Waals surface area contributed by atoms with Gasteiger partial charge >= 0.3 is 0 Å². The van der Waals surface area contributed by atoms with Gasteiger partial charge in [-0.1, -0.05) is 12.1 Å². The zero-order valence-electron chi connectivity index (χ0n) is 15.6. The monoisotopic (exact) mass is 381 g/mol. The van der Waals surface area contributed by atoms with Crippen LogP contribution in [-0.2, 0) is 11.3 Å². The highest BCUT2D eigenvalue weighted by Crippen LogP contribution is 2.28. The Morgan fingerprint density at radius 2 is 2.00 bits per heavy atom. The Bertz CT molecular complexity index is 920. The molecule has 140 valence electrons. The van der Waals surface area contributed by atoms with Gasteiger partial charge in [0.2, 0.25) is 5.95 Å². The molecule has 27 heavy (non-hydrogen) atoms. The zero-order chi connectivity index (χ0) is 18.6. The number of thiazole rings is 1. The lowest BCUT2D eigenvalue weighted by atomic mass is 10.2. The second kappa shape index (κ2) is 8.12. The number of rotatable bonds is 5. The van der Waals surface area contributed by atoms with Crippen molar-refractivity contribution in [1.82, 2.24) is 19.9 Å². The van der Waals surface area contributed by atoms with Crippen molar-refractivity contribution in [3.8, 4) is 10.6 Å². The third-order valence-corrected chi connectivity index (χ3v) is 5.58. The van der Waals surface area contributed by atoms with E-state index in [4.69, 9.17) is 4.74 Å². The Hall–Kier alpha value is -2.35. The Morgan fingerprint density at radius 1 is 1.15 bits per heavy atom. The van der Waals surface area contributed by atoms with Crippen LogP contribution in [0.2, 0.25) is 0 Å². The molecule has 7 heteroatoms. The molecule has 0 atom stereocenters. The minimum absolute atomic E-state index is 0.599. The predicted molar refractivity (Wildman–Crippen MR) is 108 cm³/mol. The number of hydrogen-bond acceptors (Lipinski definition) is 7. The fourth-order valence-corrected chi connectivity index (χ4v) is 4.10. The molecule has 0 bridgehead atoms. The average Bonchev–Trinajstić information content (AvgIpc) is 3.01. The highest BCUT2D eigenvalue weighted by Gasteiger charge is 2.12. The summed E-state index contributed by atoms with van der Waals surface area (Å²) in [5, 5.41) is 4.38. The van der Waals surface area contributed by atoms with Gasteiger partial charge in [0.15, 0.2) is 0 Å². The number of anilines is 2. The molecule has 2 aromatic heterocycles. The van der Waals surface area contributed by atoms with Crippen molar-refractivity contribution in [1.29, 1.82) is 0 Å². The van der Waals surface area contributed by atoms with E-state index in [-0.39, 0.29) is 0 Å². The second-order valence-corrected chi connectivity index (χ2v) is 7.83. The Morgan fingerprint density at radius 3 is 2.78 bits per heavy atom. The SMILES string of the molecule is Cc1nc(C)c(-c2ccnc(Nc3cccc(CN4CCOCC4)c3)n2)s1. The van der Waals surface area contributed by atoms with Gasteiger partial charge in [0.1, 0.15) is 0 Å². The average molecular weight is 382 g/mol. The number of nitrogens with zero attached hydrogens (tertiary/aromatic N) is 4. The zero-order valence-corrected chi connectivity index (χ0v) is 16.4. The van der Waals surface area contributed by atoms with Crippen molar-refractivity contribution in [3.63, 3.8) is 0 Å². The standard InChI is InChI=1S/C20H23N5OS/c1-14-19(27-15(2)22-14)18-6-7-21-20(24-18)23-17-5-3-4-16(12-17)13-25-8-10-26-11-9-25/h3-7,12H,8-11,13H2,1-2H3,(H,21,23,24). The molecule has 0 saturated carbocycles. The first kappa shape index (κ1) is 18.0. The summed E-state index contributed by atoms with van der Waals surface area (Å²) in [5.74, 6) is 0.599. The smallest absolute Gasteiger partial charge is 0.227 e. The van der Waals surface area contributed by atoms with Crippen LogP contribution < -0.4 is 5.32 Å². The second-order valence-electron chi connectivity index (χ2n) is 6.63. The van der Waals surface area contributed by atoms with Gasteiger partial charge in [-0.15, -0.1) is 11.3 Å². The largest absolute Gasteiger partial charge is 0.379 e. The van der Waals surface area contributed by atoms with E-state index in [1.54, 1.807) is 17.5 Å². The van der Waals surface area contributed by atoms with Gasteiger partial charge in [-0.2, -0.15) is 0 Å². The molecule has 0 radical (unpaired) electrons. The molecule has 6 nitrogen and oxygen atoms in total. The van der Waals surface area contributed by atoms with Crippen LogP contribution in [-0.4, -0.2) is 46.2 Å². The summed E-state index contributed by atoms with van der Waals surface area (Å²) in [7, 11) is 0. The highest BCUT2D eigenvalue weighted by atomic mass is 32.1. The summed E-state index contributed by atoms with van der Waals surface area (Å²) in [5.41, 5.74) is 4.18. The lowest BCUT2D eigenvalue weighted by Crippen LogP contribution is -2.35. The maximum Gasteiger partial charge on any atom is 0.227 e. The van der Waals surface area contributed by atoms with Crippen LogP contribution in [0.1, 0.15) is 16.3 Å². The first-order valence-corrected chi connectivity index (χ1v) is 9.92. The van der Waals surface area contributed by atoms with E-state index in [1.165, 1.54) is 5.56 Å². The molecule has 0 amide bonds. The number of benzene rings is 1. The summed E-state index contributed by atoms with van der Waals surface area (Å²) in [6.07, 6.45) is 1.79. The van der Waals surface area contributed by atoms with Crippen LogP contribution >= 0.6 is 11.3 Å². The van der Waals surface area contributed by atoms with Crippen LogP contribution in [0, 0.1) is 13.8 Å². The van der Waals surface area contributed by atoms with Gasteiger partial charge in [0.25, 0.3) is 0 Å². The lowest BCUT2D eigenvalue weighted by Gasteiger charge is -2.26. The van der Waals surface area contributed by atoms with Gasteiger partial charge in [-0.05, 0) is 37.6 Å². The molecule has 3 aromatic rings. The molecular formula is C20H23N5OS. The number of aromatic nitrogens is 3. The Kier molecular flexibility index (Phi) is 5.42. The van der Waals surface area contributed by atoms with Crippen LogP contribution in [0.4, 0.5) is 11.6 Å². The van der Waals surface area contributed by atoms with Crippen molar-refractivity contribution in [2.45, 2.75) is 20.4 Å². The Labute approximate surface area is 163 Å². The van der Waals surface area contributed by atoms with Crippen LogP contribution in [0.25, 0.3) is 10.6 Å². The first-order chi connectivity index (χ1) is 13.2. The molecule has 1 saturated heterocycles. The number of hydrogen-bond donors (Lipinski definition) is 1. The summed E-state index contributed by atoms with van der Waals surface area (Å²) >= 11 is 1.66. The highest BCUT2D eigenvalue weighted by molar-refractivity contribution is 7.15. The first-order valence-electron chi connectivity index (χ1n) is 9.11. The van der Waals surface area contributed by atoms with Crippen molar-refractivity contribution < 1.29 is 4.74 Å². The van der Waals surface area contributed by atoms with Gasteiger partial charge in [0, 0.05) is 31.5 Å². The number of ether oxygens (including phenoxy) is 1. The van der Waals surface area contributed by atoms with E-state index in [1.807, 2.05) is 26.0 Å². The molecule has 1 fully saturated rings. The molecule has 1 N–H and O–H groups in total. The van der Waals surface area contributed by atoms with Crippen molar-refractivity contribution in [2.75, 3.05) is 31.6 Å². The number of aryl methyl sites for hydroxylation is 2. The van der Waals surface area contributed by atoms with E-state index in [0.29, 0.717) is 5.95 Å². The number of nitrogens with one attached hydrogen (secondary N) is 1. The minimum Gasteiger partial charge on any atom is -0.379 e. The quantitative estimate of drug-likeness (QED) is 0.725. The van der Waals surface area contributed by atoms with Crippen molar-refractivity contribution >= 4 is 23.0 Å². The molecule has 4 rings (SSSR count). The Balaban J connectivity index is 1.50. The van der Waals surface area contributed by atoms with E-state index in [2.05, 4.69) is 43.4 Å². The van der Waals surface area contributed by atoms with E-state index in [9.17, 15) is 0 Å². The fraction of sp³-hybridized carbons (Fsp3) is 0.350. The molecule has 1 aliphatic heterocycles. The molecule has 1 aromatic carbocycles. The van der Waals surface area contributed by atoms with Gasteiger partial charge < -0.3 is 10.1 Å². The number of morpholine rings is 1. The van der Waals surface area contributed by atoms with Crippen LogP contribution in [0.15, 0.2) is 36.5 Å².